The van der Waals surface area contributed by atoms with Gasteiger partial charge in [0, 0.05) is 19.6 Å². The molecule has 4 heteroatoms. The highest BCUT2D eigenvalue weighted by atomic mass is 16.5. The molecule has 0 aromatic carbocycles. The molecule has 0 amide bonds. The van der Waals surface area contributed by atoms with Gasteiger partial charge in [-0.25, -0.2) is 4.79 Å². The predicted molar refractivity (Wildman–Crippen MR) is 96.2 cm³/mol. The lowest BCUT2D eigenvalue weighted by atomic mass is 9.98. The molecule has 0 fully saturated rings. The van der Waals surface area contributed by atoms with Crippen molar-refractivity contribution in [3.63, 3.8) is 0 Å². The number of allylic oxidation sites excluding steroid dienone is 1. The maximum absolute atomic E-state index is 11.4. The number of quaternary nitrogens is 1. The Labute approximate surface area is 142 Å². The van der Waals surface area contributed by atoms with Crippen molar-refractivity contribution in [3.8, 4) is 0 Å². The van der Waals surface area contributed by atoms with Crippen LogP contribution in [0.4, 0.5) is 0 Å². The van der Waals surface area contributed by atoms with E-state index in [2.05, 4.69) is 40.6 Å². The molecule has 132 valence electrons. The summed E-state index contributed by atoms with van der Waals surface area (Å²) in [5.74, 6) is -0.280. The number of methoxy groups -OCH3 is 1. The molecule has 0 aliphatic carbocycles. The van der Waals surface area contributed by atoms with Gasteiger partial charge in [-0.05, 0) is 38.8 Å². The number of hydrogen-bond acceptors (Lipinski definition) is 3. The highest BCUT2D eigenvalue weighted by molar-refractivity contribution is 5.81. The summed E-state index contributed by atoms with van der Waals surface area (Å²) >= 11 is 0. The molecule has 0 radical (unpaired) electrons. The van der Waals surface area contributed by atoms with Crippen LogP contribution in [0.25, 0.3) is 0 Å². The summed E-state index contributed by atoms with van der Waals surface area (Å²) in [6, 6.07) is 0.341. The Morgan fingerprint density at radius 3 is 2.48 bits per heavy atom. The van der Waals surface area contributed by atoms with E-state index in [4.69, 9.17) is 9.47 Å². The molecule has 0 bridgehead atoms. The summed E-state index contributed by atoms with van der Waals surface area (Å²) in [4.78, 5) is 11.4. The summed E-state index contributed by atoms with van der Waals surface area (Å²) in [6.07, 6.45) is 7.58. The van der Waals surface area contributed by atoms with Gasteiger partial charge < -0.3 is 14.0 Å². The molecule has 0 saturated carbocycles. The monoisotopic (exact) mass is 324 g/mol. The highest BCUT2D eigenvalue weighted by Crippen LogP contribution is 2.21. The molecule has 0 aromatic heterocycles. The molecular formula is C19H34NO3+. The summed E-state index contributed by atoms with van der Waals surface area (Å²) in [5.41, 5.74) is 2.50. The van der Waals surface area contributed by atoms with Crippen molar-refractivity contribution >= 4 is 5.97 Å². The van der Waals surface area contributed by atoms with Crippen LogP contribution in [0.15, 0.2) is 36.0 Å². The minimum absolute atomic E-state index is 0.280. The topological polar surface area (TPSA) is 35.5 Å². The normalized spacial score (nSPS) is 14.1. The Kier molecular flexibility index (Phi) is 10.5. The predicted octanol–water partition coefficient (Wildman–Crippen LogP) is 3.50. The smallest absolute Gasteiger partial charge is 0.330 e. The summed E-state index contributed by atoms with van der Waals surface area (Å²) in [7, 11) is 6.04. The fourth-order valence-electron chi connectivity index (χ4n) is 2.62. The van der Waals surface area contributed by atoms with Crippen molar-refractivity contribution in [2.75, 3.05) is 41.0 Å². The third-order valence-corrected chi connectivity index (χ3v) is 3.94. The van der Waals surface area contributed by atoms with E-state index in [9.17, 15) is 4.79 Å². The van der Waals surface area contributed by atoms with Crippen LogP contribution in [0.2, 0.25) is 0 Å². The number of carbonyl (C=O) groups excluding carboxylic acids is 1. The Morgan fingerprint density at radius 1 is 1.30 bits per heavy atom. The van der Waals surface area contributed by atoms with Crippen LogP contribution in [0.3, 0.4) is 0 Å². The van der Waals surface area contributed by atoms with Crippen LogP contribution in [0, 0.1) is 0 Å². The van der Waals surface area contributed by atoms with Crippen molar-refractivity contribution in [2.24, 2.45) is 0 Å². The largest absolute Gasteiger partial charge is 0.463 e. The quantitative estimate of drug-likeness (QED) is 0.252. The Balaban J connectivity index is 4.72. The molecule has 4 nitrogen and oxygen atoms in total. The van der Waals surface area contributed by atoms with Gasteiger partial charge in [-0.2, -0.15) is 0 Å². The van der Waals surface area contributed by atoms with Crippen LogP contribution in [0.5, 0.6) is 0 Å². The van der Waals surface area contributed by atoms with Crippen molar-refractivity contribution in [3.05, 3.63) is 36.0 Å². The van der Waals surface area contributed by atoms with Gasteiger partial charge in [-0.3, -0.25) is 0 Å². The van der Waals surface area contributed by atoms with Crippen molar-refractivity contribution in [1.82, 2.24) is 0 Å². The zero-order chi connectivity index (χ0) is 17.9. The molecule has 1 unspecified atom stereocenters. The molecule has 0 rings (SSSR count). The summed E-state index contributed by atoms with van der Waals surface area (Å²) in [5, 5.41) is 0. The second kappa shape index (κ2) is 11.2. The number of carbonyl (C=O) groups is 1. The lowest BCUT2D eigenvalue weighted by Crippen LogP contribution is -2.49. The van der Waals surface area contributed by atoms with Gasteiger partial charge in [-0.15, -0.1) is 0 Å². The Bertz CT molecular complexity index is 436. The minimum Gasteiger partial charge on any atom is -0.463 e. The third kappa shape index (κ3) is 9.36. The SMILES string of the molecule is C=C(C)C(CC/C(C)=C/COC)[N+](C)(C)C/C=C/C(=O)OCC. The zero-order valence-electron chi connectivity index (χ0n) is 15.7. The van der Waals surface area contributed by atoms with Crippen LogP contribution in [-0.4, -0.2) is 57.5 Å². The van der Waals surface area contributed by atoms with E-state index >= 15 is 0 Å². The summed E-state index contributed by atoms with van der Waals surface area (Å²) < 4.78 is 10.8. The maximum atomic E-state index is 11.4. The van der Waals surface area contributed by atoms with E-state index in [1.54, 1.807) is 7.11 Å². The first kappa shape index (κ1) is 21.6. The van der Waals surface area contributed by atoms with Crippen LogP contribution >= 0.6 is 0 Å². The van der Waals surface area contributed by atoms with Gasteiger partial charge in [-0.1, -0.05) is 18.2 Å². The second-order valence-corrected chi connectivity index (χ2v) is 6.52. The first-order valence-corrected chi connectivity index (χ1v) is 8.20. The van der Waals surface area contributed by atoms with Crippen molar-refractivity contribution < 1.29 is 18.8 Å². The molecule has 23 heavy (non-hydrogen) atoms. The number of hydrogen-bond donors (Lipinski definition) is 0. The number of ether oxygens (including phenoxy) is 2. The minimum atomic E-state index is -0.280. The first-order valence-electron chi connectivity index (χ1n) is 8.20. The van der Waals surface area contributed by atoms with Crippen LogP contribution < -0.4 is 0 Å². The van der Waals surface area contributed by atoms with Crippen molar-refractivity contribution in [2.45, 2.75) is 39.7 Å². The third-order valence-electron chi connectivity index (χ3n) is 3.94. The van der Waals surface area contributed by atoms with E-state index in [0.29, 0.717) is 19.3 Å². The standard InChI is InChI=1S/C19H34NO3/c1-8-23-19(21)10-9-14-20(5,6)18(16(2)3)12-11-17(4)13-15-22-7/h9-10,13,18H,2,8,11-12,14-15H2,1,3-7H3/q+1/b10-9+,17-13+. The molecule has 0 aromatic rings. The molecule has 1 atom stereocenters. The fraction of sp³-hybridized carbons (Fsp3) is 0.632. The first-order chi connectivity index (χ1) is 10.7. The Hall–Kier alpha value is -1.39. The average molecular weight is 324 g/mol. The lowest BCUT2D eigenvalue weighted by molar-refractivity contribution is -0.904. The molecule has 0 spiro atoms. The number of nitrogens with zero attached hydrogens (tertiary/aromatic N) is 1. The van der Waals surface area contributed by atoms with Gasteiger partial charge in [0.15, 0.2) is 0 Å². The maximum Gasteiger partial charge on any atom is 0.330 e. The average Bonchev–Trinajstić information content (AvgIpc) is 2.44. The number of esters is 1. The zero-order valence-corrected chi connectivity index (χ0v) is 15.7. The lowest BCUT2D eigenvalue weighted by Gasteiger charge is -2.38. The number of rotatable bonds is 11. The molecule has 0 aliphatic heterocycles. The fourth-order valence-corrected chi connectivity index (χ4v) is 2.62. The summed E-state index contributed by atoms with van der Waals surface area (Å²) in [6.45, 7) is 12.0. The molecule has 0 N–H and O–H groups in total. The van der Waals surface area contributed by atoms with Crippen LogP contribution in [0.1, 0.15) is 33.6 Å². The van der Waals surface area contributed by atoms with E-state index in [-0.39, 0.29) is 5.97 Å². The van der Waals surface area contributed by atoms with E-state index < -0.39 is 0 Å². The van der Waals surface area contributed by atoms with E-state index in [1.165, 1.54) is 17.2 Å². The molecular weight excluding hydrogens is 290 g/mol. The van der Waals surface area contributed by atoms with Gasteiger partial charge in [0.1, 0.15) is 6.04 Å². The highest BCUT2D eigenvalue weighted by Gasteiger charge is 2.27. The molecule has 0 saturated heterocycles. The van der Waals surface area contributed by atoms with Gasteiger partial charge >= 0.3 is 5.97 Å². The molecule has 0 heterocycles. The van der Waals surface area contributed by atoms with Gasteiger partial charge in [0.2, 0.25) is 0 Å². The molecule has 0 aliphatic rings. The van der Waals surface area contributed by atoms with E-state index in [1.807, 2.05) is 13.0 Å². The van der Waals surface area contributed by atoms with Crippen LogP contribution in [-0.2, 0) is 14.3 Å². The van der Waals surface area contributed by atoms with E-state index in [0.717, 1.165) is 23.9 Å². The number of likely N-dealkylation sites (N-methyl/N-ethyl adjacent to an activating group) is 1. The second-order valence-electron chi connectivity index (χ2n) is 6.52. The van der Waals surface area contributed by atoms with Gasteiger partial charge in [0.25, 0.3) is 0 Å². The Morgan fingerprint density at radius 2 is 1.96 bits per heavy atom. The van der Waals surface area contributed by atoms with Gasteiger partial charge in [0.05, 0.1) is 33.9 Å². The van der Waals surface area contributed by atoms with Crippen molar-refractivity contribution in [1.29, 1.82) is 0 Å².